The van der Waals surface area contributed by atoms with Crippen molar-refractivity contribution in [1.82, 2.24) is 4.98 Å². The molecule has 0 fully saturated rings. The van der Waals surface area contributed by atoms with Crippen LogP contribution in [0.15, 0.2) is 10.7 Å². The molecule has 0 aliphatic heterocycles. The fourth-order valence-corrected chi connectivity index (χ4v) is 1.69. The van der Waals surface area contributed by atoms with Gasteiger partial charge in [-0.3, -0.25) is 0 Å². The van der Waals surface area contributed by atoms with E-state index in [1.165, 1.54) is 0 Å². The van der Waals surface area contributed by atoms with E-state index in [9.17, 15) is 18.9 Å². The van der Waals surface area contributed by atoms with Crippen LogP contribution in [0.2, 0.25) is 0 Å². The van der Waals surface area contributed by atoms with E-state index in [4.69, 9.17) is 0 Å². The van der Waals surface area contributed by atoms with Crippen LogP contribution in [0.3, 0.4) is 0 Å². The Bertz CT molecular complexity index is 388. The average Bonchev–Trinajstić information content (AvgIpc) is 2.08. The number of rotatable bonds is 2. The SMILES string of the molecule is O=[N+]([O-])c1ncc(I)c(Br)c1C(F)F. The van der Waals surface area contributed by atoms with Crippen LogP contribution in [0.4, 0.5) is 14.6 Å². The van der Waals surface area contributed by atoms with Gasteiger partial charge in [0.1, 0.15) is 5.56 Å². The Balaban J connectivity index is 3.45. The molecule has 0 N–H and O–H groups in total. The predicted molar refractivity (Wildman–Crippen MR) is 56.3 cm³/mol. The van der Waals surface area contributed by atoms with Gasteiger partial charge in [0.25, 0.3) is 6.43 Å². The Kier molecular flexibility index (Phi) is 3.70. The highest BCUT2D eigenvalue weighted by Crippen LogP contribution is 2.36. The molecule has 8 heteroatoms. The molecule has 0 aliphatic carbocycles. The van der Waals surface area contributed by atoms with Gasteiger partial charge in [0.05, 0.1) is 8.04 Å². The van der Waals surface area contributed by atoms with Crippen LogP contribution >= 0.6 is 38.5 Å². The Morgan fingerprint density at radius 1 is 1.64 bits per heavy atom. The smallest absolute Gasteiger partial charge is 0.358 e. The van der Waals surface area contributed by atoms with Gasteiger partial charge in [-0.15, -0.1) is 0 Å². The van der Waals surface area contributed by atoms with Gasteiger partial charge in [-0.25, -0.2) is 8.78 Å². The first kappa shape index (κ1) is 11.7. The number of pyridine rings is 1. The number of halogens is 4. The second-order valence-corrected chi connectivity index (χ2v) is 4.17. The molecule has 0 unspecified atom stereocenters. The molecular weight excluding hydrogens is 377 g/mol. The summed E-state index contributed by atoms with van der Waals surface area (Å²) in [4.78, 5) is 12.8. The first-order chi connectivity index (χ1) is 6.45. The van der Waals surface area contributed by atoms with Crippen LogP contribution in [0.25, 0.3) is 0 Å². The summed E-state index contributed by atoms with van der Waals surface area (Å²) in [6.07, 6.45) is -1.76. The highest BCUT2D eigenvalue weighted by molar-refractivity contribution is 14.1. The summed E-state index contributed by atoms with van der Waals surface area (Å²) >= 11 is 4.63. The number of nitro groups is 1. The first-order valence-electron chi connectivity index (χ1n) is 3.21. The van der Waals surface area contributed by atoms with Gasteiger partial charge in [-0.1, -0.05) is 0 Å². The molecule has 0 aromatic carbocycles. The van der Waals surface area contributed by atoms with Gasteiger partial charge >= 0.3 is 5.82 Å². The van der Waals surface area contributed by atoms with E-state index in [1.54, 1.807) is 22.6 Å². The number of hydrogen-bond donors (Lipinski definition) is 0. The second kappa shape index (κ2) is 4.43. The fraction of sp³-hybridized carbons (Fsp3) is 0.167. The van der Waals surface area contributed by atoms with Gasteiger partial charge in [0.15, 0.2) is 6.20 Å². The van der Waals surface area contributed by atoms with Crippen molar-refractivity contribution >= 4 is 44.3 Å². The lowest BCUT2D eigenvalue weighted by Gasteiger charge is -2.04. The monoisotopic (exact) mass is 378 g/mol. The molecular formula is C6H2BrF2IN2O2. The maximum Gasteiger partial charge on any atom is 0.373 e. The van der Waals surface area contributed by atoms with Crippen molar-refractivity contribution in [3.63, 3.8) is 0 Å². The largest absolute Gasteiger partial charge is 0.373 e. The Morgan fingerprint density at radius 2 is 2.21 bits per heavy atom. The molecule has 0 bridgehead atoms. The molecule has 0 saturated heterocycles. The summed E-state index contributed by atoms with van der Waals surface area (Å²) in [5.41, 5.74) is -0.679. The van der Waals surface area contributed by atoms with Crippen LogP contribution in [0.5, 0.6) is 0 Å². The first-order valence-corrected chi connectivity index (χ1v) is 5.08. The molecule has 0 saturated carbocycles. The van der Waals surface area contributed by atoms with Crippen molar-refractivity contribution in [2.24, 2.45) is 0 Å². The van der Waals surface area contributed by atoms with E-state index >= 15 is 0 Å². The molecule has 4 nitrogen and oxygen atoms in total. The van der Waals surface area contributed by atoms with Crippen molar-refractivity contribution in [2.75, 3.05) is 0 Å². The van der Waals surface area contributed by atoms with E-state index in [0.717, 1.165) is 6.20 Å². The zero-order chi connectivity index (χ0) is 10.9. The summed E-state index contributed by atoms with van der Waals surface area (Å²) in [5.74, 6) is -0.813. The van der Waals surface area contributed by atoms with E-state index in [0.29, 0.717) is 3.57 Å². The summed E-state index contributed by atoms with van der Waals surface area (Å²) in [6, 6.07) is 0. The van der Waals surface area contributed by atoms with Crippen LogP contribution in [-0.4, -0.2) is 9.91 Å². The minimum atomic E-state index is -2.92. The van der Waals surface area contributed by atoms with Crippen LogP contribution in [0, 0.1) is 13.7 Å². The highest BCUT2D eigenvalue weighted by atomic mass is 127. The Labute approximate surface area is 99.1 Å². The molecule has 1 heterocycles. The minimum Gasteiger partial charge on any atom is -0.358 e. The maximum absolute atomic E-state index is 12.5. The summed E-state index contributed by atoms with van der Waals surface area (Å²) < 4.78 is 25.3. The molecule has 0 atom stereocenters. The summed E-state index contributed by atoms with van der Waals surface area (Å²) in [7, 11) is 0. The third-order valence-corrected chi connectivity index (χ3v) is 3.79. The van der Waals surface area contributed by atoms with Gasteiger partial charge in [-0.2, -0.15) is 0 Å². The van der Waals surface area contributed by atoms with Crippen molar-refractivity contribution < 1.29 is 13.7 Å². The van der Waals surface area contributed by atoms with Crippen molar-refractivity contribution in [1.29, 1.82) is 0 Å². The lowest BCUT2D eigenvalue weighted by Crippen LogP contribution is -2.01. The third-order valence-electron chi connectivity index (χ3n) is 1.38. The maximum atomic E-state index is 12.5. The molecule has 1 aromatic rings. The topological polar surface area (TPSA) is 56.0 Å². The van der Waals surface area contributed by atoms with Gasteiger partial charge in [-0.05, 0) is 48.4 Å². The molecule has 76 valence electrons. The minimum absolute atomic E-state index is 0.0230. The quantitative estimate of drug-likeness (QED) is 0.450. The molecule has 1 aromatic heterocycles. The zero-order valence-corrected chi connectivity index (χ0v) is 10.1. The molecule has 0 aliphatic rings. The summed E-state index contributed by atoms with van der Waals surface area (Å²) in [5, 5.41) is 10.4. The van der Waals surface area contributed by atoms with Gasteiger partial charge in [0.2, 0.25) is 0 Å². The molecule has 0 radical (unpaired) electrons. The Morgan fingerprint density at radius 3 is 2.64 bits per heavy atom. The lowest BCUT2D eigenvalue weighted by atomic mass is 10.3. The van der Waals surface area contributed by atoms with E-state index in [1.807, 2.05) is 0 Å². The predicted octanol–water partition coefficient (Wildman–Crippen LogP) is 3.29. The van der Waals surface area contributed by atoms with Crippen molar-refractivity contribution in [3.05, 3.63) is 29.9 Å². The number of nitrogens with zero attached hydrogens (tertiary/aromatic N) is 2. The van der Waals surface area contributed by atoms with Crippen LogP contribution in [0.1, 0.15) is 12.0 Å². The van der Waals surface area contributed by atoms with E-state index in [-0.39, 0.29) is 4.47 Å². The van der Waals surface area contributed by atoms with Crippen LogP contribution in [-0.2, 0) is 0 Å². The van der Waals surface area contributed by atoms with Gasteiger partial charge < -0.3 is 10.1 Å². The van der Waals surface area contributed by atoms with Gasteiger partial charge in [0, 0.05) is 0 Å². The highest BCUT2D eigenvalue weighted by Gasteiger charge is 2.27. The average molecular weight is 379 g/mol. The normalized spacial score (nSPS) is 10.6. The molecule has 0 spiro atoms. The number of alkyl halides is 2. The molecule has 14 heavy (non-hydrogen) atoms. The number of aromatic nitrogens is 1. The molecule has 0 amide bonds. The zero-order valence-electron chi connectivity index (χ0n) is 6.38. The van der Waals surface area contributed by atoms with E-state index in [2.05, 4.69) is 20.9 Å². The third kappa shape index (κ3) is 2.16. The van der Waals surface area contributed by atoms with Crippen molar-refractivity contribution in [2.45, 2.75) is 6.43 Å². The molecule has 1 rings (SSSR count). The van der Waals surface area contributed by atoms with Crippen LogP contribution < -0.4 is 0 Å². The number of hydrogen-bond acceptors (Lipinski definition) is 3. The fourth-order valence-electron chi connectivity index (χ4n) is 0.810. The standard InChI is InChI=1S/C6H2BrF2IN2O2/c7-4-2(10)1-11-6(12(13)14)3(4)5(8)9/h1,5H. The van der Waals surface area contributed by atoms with E-state index < -0.39 is 22.7 Å². The Hall–Kier alpha value is -0.380. The van der Waals surface area contributed by atoms with Crippen molar-refractivity contribution in [3.8, 4) is 0 Å². The second-order valence-electron chi connectivity index (χ2n) is 2.22. The summed E-state index contributed by atoms with van der Waals surface area (Å²) in [6.45, 7) is 0. The lowest BCUT2D eigenvalue weighted by molar-refractivity contribution is -0.391.